The van der Waals surface area contributed by atoms with Crippen LogP contribution in [0.1, 0.15) is 57.2 Å². The molecule has 0 aliphatic rings. The Balaban J connectivity index is 2.14. The highest BCUT2D eigenvalue weighted by atomic mass is 127. The molecule has 2 nitrogen and oxygen atoms in total. The van der Waals surface area contributed by atoms with Gasteiger partial charge in [0.2, 0.25) is 0 Å². The number of rotatable bonds is 8. The van der Waals surface area contributed by atoms with Gasteiger partial charge in [0.25, 0.3) is 0 Å². The van der Waals surface area contributed by atoms with Crippen LogP contribution in [0.5, 0.6) is 0 Å². The quantitative estimate of drug-likeness (QED) is 0.407. The molecule has 18 heavy (non-hydrogen) atoms. The van der Waals surface area contributed by atoms with Gasteiger partial charge in [-0.05, 0) is 23.8 Å². The summed E-state index contributed by atoms with van der Waals surface area (Å²) in [5.74, 6) is 0. The molecule has 0 aliphatic heterocycles. The number of unbranched alkanes of at least 4 members (excludes halogenated alkanes) is 3. The lowest BCUT2D eigenvalue weighted by atomic mass is 9.93. The number of aromatic nitrogens is 1. The van der Waals surface area contributed by atoms with Gasteiger partial charge in [-0.2, -0.15) is 0 Å². The van der Waals surface area contributed by atoms with E-state index in [0.29, 0.717) is 0 Å². The largest absolute Gasteiger partial charge is 0.310 e. The number of alkyl halides is 1. The van der Waals surface area contributed by atoms with Crippen LogP contribution in [0, 0.1) is 0 Å². The van der Waals surface area contributed by atoms with Crippen LogP contribution in [-0.2, 0) is 12.0 Å². The van der Waals surface area contributed by atoms with Crippen LogP contribution in [-0.4, -0.2) is 16.0 Å². The molecule has 0 aromatic carbocycles. The Morgan fingerprint density at radius 3 is 2.56 bits per heavy atom. The van der Waals surface area contributed by atoms with Gasteiger partial charge in [-0.25, -0.2) is 4.98 Å². The molecule has 0 unspecified atom stereocenters. The first kappa shape index (κ1) is 16.4. The maximum atomic E-state index is 4.68. The number of nitrogens with zero attached hydrogens (tertiary/aromatic N) is 1. The molecule has 0 fully saturated rings. The van der Waals surface area contributed by atoms with Gasteiger partial charge in [-0.3, -0.25) is 0 Å². The van der Waals surface area contributed by atoms with Gasteiger partial charge in [0.1, 0.15) is 5.01 Å². The summed E-state index contributed by atoms with van der Waals surface area (Å²) in [7, 11) is 0. The Bertz CT molecular complexity index is 331. The summed E-state index contributed by atoms with van der Waals surface area (Å²) in [6.07, 6.45) is 5.37. The van der Waals surface area contributed by atoms with Crippen molar-refractivity contribution in [3.8, 4) is 0 Å². The Hall–Kier alpha value is 0.320. The maximum Gasteiger partial charge on any atom is 0.107 e. The first-order valence-corrected chi connectivity index (χ1v) is 9.16. The van der Waals surface area contributed by atoms with E-state index in [2.05, 4.69) is 59.0 Å². The molecule has 0 saturated carbocycles. The molecular formula is C14H25IN2S. The molecule has 0 bridgehead atoms. The predicted molar refractivity (Wildman–Crippen MR) is 89.9 cm³/mol. The molecule has 1 aromatic heterocycles. The number of thiazole rings is 1. The maximum absolute atomic E-state index is 4.68. The van der Waals surface area contributed by atoms with Crippen LogP contribution in [0.3, 0.4) is 0 Å². The van der Waals surface area contributed by atoms with Gasteiger partial charge >= 0.3 is 0 Å². The van der Waals surface area contributed by atoms with Crippen molar-refractivity contribution in [3.63, 3.8) is 0 Å². The lowest BCUT2D eigenvalue weighted by Gasteiger charge is -2.14. The summed E-state index contributed by atoms with van der Waals surface area (Å²) in [5.41, 5.74) is 1.39. The topological polar surface area (TPSA) is 24.9 Å². The molecule has 0 atom stereocenters. The minimum absolute atomic E-state index is 0.175. The smallest absolute Gasteiger partial charge is 0.107 e. The summed E-state index contributed by atoms with van der Waals surface area (Å²) >= 11 is 4.22. The van der Waals surface area contributed by atoms with Crippen molar-refractivity contribution in [1.82, 2.24) is 10.3 Å². The molecule has 104 valence electrons. The third kappa shape index (κ3) is 6.48. The summed E-state index contributed by atoms with van der Waals surface area (Å²) in [6, 6.07) is 0. The molecule has 0 amide bonds. The minimum atomic E-state index is 0.175. The van der Waals surface area contributed by atoms with Crippen molar-refractivity contribution in [2.45, 2.75) is 58.4 Å². The summed E-state index contributed by atoms with van der Waals surface area (Å²) in [6.45, 7) is 8.68. The highest BCUT2D eigenvalue weighted by Crippen LogP contribution is 2.23. The van der Waals surface area contributed by atoms with Crippen LogP contribution in [0.15, 0.2) is 5.38 Å². The molecule has 0 saturated heterocycles. The van der Waals surface area contributed by atoms with Gasteiger partial charge in [0.15, 0.2) is 0 Å². The van der Waals surface area contributed by atoms with Crippen LogP contribution in [0.25, 0.3) is 0 Å². The summed E-state index contributed by atoms with van der Waals surface area (Å²) in [5, 5.41) is 6.90. The highest BCUT2D eigenvalue weighted by molar-refractivity contribution is 14.1. The van der Waals surface area contributed by atoms with Crippen molar-refractivity contribution < 1.29 is 0 Å². The molecule has 1 aromatic rings. The van der Waals surface area contributed by atoms with Crippen molar-refractivity contribution in [1.29, 1.82) is 0 Å². The number of nitrogens with one attached hydrogen (secondary N) is 1. The third-order valence-corrected chi connectivity index (χ3v) is 4.45. The zero-order valence-corrected chi connectivity index (χ0v) is 14.7. The minimum Gasteiger partial charge on any atom is -0.310 e. The fraction of sp³-hybridized carbons (Fsp3) is 0.786. The molecule has 0 spiro atoms. The normalized spacial score (nSPS) is 12.0. The van der Waals surface area contributed by atoms with Crippen LogP contribution < -0.4 is 5.32 Å². The molecule has 1 N–H and O–H groups in total. The lowest BCUT2D eigenvalue weighted by Crippen LogP contribution is -2.16. The Labute approximate surface area is 129 Å². The van der Waals surface area contributed by atoms with Gasteiger partial charge < -0.3 is 5.32 Å². The van der Waals surface area contributed by atoms with Gasteiger partial charge in [-0.15, -0.1) is 11.3 Å². The lowest BCUT2D eigenvalue weighted by molar-refractivity contribution is 0.565. The second-order valence-electron chi connectivity index (χ2n) is 5.66. The van der Waals surface area contributed by atoms with E-state index in [-0.39, 0.29) is 5.41 Å². The predicted octanol–water partition coefficient (Wildman–Crippen LogP) is 4.53. The van der Waals surface area contributed by atoms with E-state index < -0.39 is 0 Å². The first-order valence-electron chi connectivity index (χ1n) is 6.75. The van der Waals surface area contributed by atoms with Crippen molar-refractivity contribution in [3.05, 3.63) is 16.1 Å². The molecule has 0 aliphatic carbocycles. The van der Waals surface area contributed by atoms with E-state index >= 15 is 0 Å². The fourth-order valence-electron chi connectivity index (χ4n) is 1.63. The zero-order valence-electron chi connectivity index (χ0n) is 11.8. The summed E-state index contributed by atoms with van der Waals surface area (Å²) < 4.78 is 1.29. The number of hydrogen-bond acceptors (Lipinski definition) is 3. The van der Waals surface area contributed by atoms with Crippen molar-refractivity contribution in [2.24, 2.45) is 0 Å². The van der Waals surface area contributed by atoms with Crippen molar-refractivity contribution in [2.75, 3.05) is 11.0 Å². The fourth-order valence-corrected chi connectivity index (χ4v) is 3.16. The van der Waals surface area contributed by atoms with Crippen LogP contribution in [0.4, 0.5) is 0 Å². The summed E-state index contributed by atoms with van der Waals surface area (Å²) in [4.78, 5) is 4.68. The third-order valence-electron chi connectivity index (χ3n) is 2.83. The Morgan fingerprint density at radius 2 is 1.94 bits per heavy atom. The van der Waals surface area contributed by atoms with E-state index in [1.165, 1.54) is 40.8 Å². The second kappa shape index (κ2) is 8.48. The SMILES string of the molecule is CC(C)(C)c1csc(CNCCCCCCI)n1. The van der Waals surface area contributed by atoms with Crippen LogP contribution >= 0.6 is 33.9 Å². The second-order valence-corrected chi connectivity index (χ2v) is 7.68. The molecule has 1 heterocycles. The Kier molecular flexibility index (Phi) is 7.72. The van der Waals surface area contributed by atoms with Gasteiger partial charge in [-0.1, -0.05) is 56.2 Å². The zero-order chi connectivity index (χ0) is 13.4. The molecule has 4 heteroatoms. The molecule has 1 rings (SSSR count). The van der Waals surface area contributed by atoms with Crippen molar-refractivity contribution >= 4 is 33.9 Å². The average Bonchev–Trinajstić information content (AvgIpc) is 2.76. The first-order chi connectivity index (χ1) is 8.54. The molecule has 0 radical (unpaired) electrons. The van der Waals surface area contributed by atoms with Gasteiger partial charge in [0.05, 0.1) is 5.69 Å². The van der Waals surface area contributed by atoms with E-state index in [9.17, 15) is 0 Å². The number of halogens is 1. The standard InChI is InChI=1S/C14H25IN2S/c1-14(2,3)12-11-18-13(17-12)10-16-9-7-5-4-6-8-15/h11,16H,4-10H2,1-3H3. The average molecular weight is 380 g/mol. The van der Waals surface area contributed by atoms with Crippen LogP contribution in [0.2, 0.25) is 0 Å². The van der Waals surface area contributed by atoms with E-state index in [1.807, 2.05) is 0 Å². The monoisotopic (exact) mass is 380 g/mol. The van der Waals surface area contributed by atoms with E-state index in [0.717, 1.165) is 13.1 Å². The molecular weight excluding hydrogens is 355 g/mol. The highest BCUT2D eigenvalue weighted by Gasteiger charge is 2.16. The van der Waals surface area contributed by atoms with E-state index in [1.54, 1.807) is 11.3 Å². The Morgan fingerprint density at radius 1 is 1.22 bits per heavy atom. The van der Waals surface area contributed by atoms with E-state index in [4.69, 9.17) is 0 Å². The number of hydrogen-bond donors (Lipinski definition) is 1. The van der Waals surface area contributed by atoms with Gasteiger partial charge in [0, 0.05) is 17.3 Å².